The van der Waals surface area contributed by atoms with Crippen LogP contribution < -0.4 is 10.7 Å². The number of nitrogens with one attached hydrogen (secondary N) is 2. The number of hydrogen-bond acceptors (Lipinski definition) is 3. The van der Waals surface area contributed by atoms with E-state index in [2.05, 4.69) is 28.0 Å². The molecule has 1 aromatic heterocycles. The molecule has 0 aliphatic heterocycles. The van der Waals surface area contributed by atoms with Crippen LogP contribution in [0.15, 0.2) is 41.5 Å². The van der Waals surface area contributed by atoms with Gasteiger partial charge in [0.25, 0.3) is 0 Å². The number of hydrogen-bond donors (Lipinski definition) is 2. The predicted molar refractivity (Wildman–Crippen MR) is 91.8 cm³/mol. The number of benzene rings is 1. The Morgan fingerprint density at radius 2 is 1.90 bits per heavy atom. The monoisotopic (exact) mass is 323 g/mol. The minimum atomic E-state index is 0.499. The molecule has 0 spiro atoms. The second kappa shape index (κ2) is 6.83. The summed E-state index contributed by atoms with van der Waals surface area (Å²) in [5, 5.41) is 8.29. The maximum atomic E-state index is 5.90. The Labute approximate surface area is 132 Å². The molecule has 0 atom stereocenters. The fraction of sp³-hybridized carbons (Fsp3) is 0.143. The summed E-state index contributed by atoms with van der Waals surface area (Å²) in [6.45, 7) is 1.95. The Morgan fingerprint density at radius 1 is 1.20 bits per heavy atom. The molecule has 3 nitrogen and oxygen atoms in total. The lowest BCUT2D eigenvalue weighted by Gasteiger charge is -2.02. The number of hydrazone groups is 1. The van der Waals surface area contributed by atoms with E-state index in [0.29, 0.717) is 5.11 Å². The molecular weight excluding hydrogens is 310 g/mol. The first kappa shape index (κ1) is 15.0. The van der Waals surface area contributed by atoms with E-state index in [0.717, 1.165) is 21.2 Å². The van der Waals surface area contributed by atoms with Crippen molar-refractivity contribution in [2.45, 2.75) is 6.92 Å². The molecule has 0 unspecified atom stereocenters. The van der Waals surface area contributed by atoms with Crippen molar-refractivity contribution >= 4 is 46.0 Å². The highest BCUT2D eigenvalue weighted by Gasteiger charge is 2.05. The van der Waals surface area contributed by atoms with Crippen LogP contribution in [0, 0.1) is 0 Å². The summed E-state index contributed by atoms with van der Waals surface area (Å²) in [4.78, 5) is 2.28. The zero-order chi connectivity index (χ0) is 14.5. The van der Waals surface area contributed by atoms with Crippen molar-refractivity contribution in [2.75, 3.05) is 7.05 Å². The Hall–Kier alpha value is -1.43. The average Bonchev–Trinajstić information content (AvgIpc) is 2.95. The quantitative estimate of drug-likeness (QED) is 0.511. The lowest BCUT2D eigenvalue weighted by atomic mass is 10.2. The molecular formula is C14H14ClN3S2. The van der Waals surface area contributed by atoms with Crippen LogP contribution >= 0.6 is 35.2 Å². The summed E-state index contributed by atoms with van der Waals surface area (Å²) in [7, 11) is 1.75. The van der Waals surface area contributed by atoms with E-state index in [-0.39, 0.29) is 0 Å². The third-order valence-corrected chi connectivity index (χ3v) is 4.43. The number of halogens is 1. The molecule has 2 rings (SSSR count). The molecule has 0 saturated heterocycles. The zero-order valence-corrected chi connectivity index (χ0v) is 13.5. The highest BCUT2D eigenvalue weighted by Crippen LogP contribution is 2.29. The third kappa shape index (κ3) is 3.79. The zero-order valence-electron chi connectivity index (χ0n) is 11.1. The SMILES string of the molecule is CNC(=S)N/N=C(/C)c1ccc(-c2ccc(Cl)cc2)s1. The minimum Gasteiger partial charge on any atom is -0.364 e. The third-order valence-electron chi connectivity index (χ3n) is 2.64. The molecule has 0 radical (unpaired) electrons. The molecule has 6 heteroatoms. The van der Waals surface area contributed by atoms with Crippen molar-refractivity contribution < 1.29 is 0 Å². The topological polar surface area (TPSA) is 36.4 Å². The minimum absolute atomic E-state index is 0.499. The van der Waals surface area contributed by atoms with Crippen LogP contribution in [0.4, 0.5) is 0 Å². The molecule has 0 amide bonds. The second-order valence-corrected chi connectivity index (χ2v) is 5.99. The molecule has 20 heavy (non-hydrogen) atoms. The maximum absolute atomic E-state index is 5.90. The van der Waals surface area contributed by atoms with E-state index >= 15 is 0 Å². The van der Waals surface area contributed by atoms with E-state index in [9.17, 15) is 0 Å². The summed E-state index contributed by atoms with van der Waals surface area (Å²) >= 11 is 12.6. The second-order valence-electron chi connectivity index (χ2n) is 4.06. The van der Waals surface area contributed by atoms with E-state index < -0.39 is 0 Å². The first-order valence-corrected chi connectivity index (χ1v) is 7.58. The number of thiocarbonyl (C=S) groups is 1. The van der Waals surface area contributed by atoms with Gasteiger partial charge in [-0.15, -0.1) is 11.3 Å². The highest BCUT2D eigenvalue weighted by atomic mass is 35.5. The standard InChI is InChI=1S/C14H14ClN3S2/c1-9(17-18-14(19)16-2)12-7-8-13(20-12)10-3-5-11(15)6-4-10/h3-8H,1-2H3,(H2,16,18,19)/b17-9-. The van der Waals surface area contributed by atoms with E-state index in [1.807, 2.05) is 31.2 Å². The van der Waals surface area contributed by atoms with Gasteiger partial charge < -0.3 is 5.32 Å². The Balaban J connectivity index is 2.16. The van der Waals surface area contributed by atoms with Crippen LogP contribution in [0.25, 0.3) is 10.4 Å². The first-order chi connectivity index (χ1) is 9.60. The lowest BCUT2D eigenvalue weighted by molar-refractivity contribution is 0.975. The lowest BCUT2D eigenvalue weighted by Crippen LogP contribution is -2.29. The molecule has 104 valence electrons. The Morgan fingerprint density at radius 3 is 2.55 bits per heavy atom. The van der Waals surface area contributed by atoms with Gasteiger partial charge in [0.1, 0.15) is 0 Å². The van der Waals surface area contributed by atoms with E-state index in [1.165, 1.54) is 4.88 Å². The van der Waals surface area contributed by atoms with Gasteiger partial charge in [0, 0.05) is 16.9 Å². The fourth-order valence-electron chi connectivity index (χ4n) is 1.55. The van der Waals surface area contributed by atoms with Crippen LogP contribution in [0.1, 0.15) is 11.8 Å². The first-order valence-electron chi connectivity index (χ1n) is 5.98. The van der Waals surface area contributed by atoms with Crippen molar-refractivity contribution in [3.8, 4) is 10.4 Å². The number of nitrogens with zero attached hydrogens (tertiary/aromatic N) is 1. The largest absolute Gasteiger partial charge is 0.364 e. The van der Waals surface area contributed by atoms with Gasteiger partial charge in [0.15, 0.2) is 5.11 Å². The summed E-state index contributed by atoms with van der Waals surface area (Å²) in [5.74, 6) is 0. The molecule has 0 saturated carbocycles. The van der Waals surface area contributed by atoms with Crippen molar-refractivity contribution in [3.63, 3.8) is 0 Å². The van der Waals surface area contributed by atoms with Gasteiger partial charge in [-0.3, -0.25) is 5.43 Å². The van der Waals surface area contributed by atoms with E-state index in [4.69, 9.17) is 23.8 Å². The van der Waals surface area contributed by atoms with Crippen LogP contribution in [-0.4, -0.2) is 17.9 Å². The van der Waals surface area contributed by atoms with Crippen LogP contribution in [0.3, 0.4) is 0 Å². The van der Waals surface area contributed by atoms with Gasteiger partial charge in [-0.05, 0) is 49.0 Å². The van der Waals surface area contributed by atoms with Gasteiger partial charge in [-0.1, -0.05) is 23.7 Å². The van der Waals surface area contributed by atoms with Gasteiger partial charge in [0.05, 0.1) is 10.6 Å². The summed E-state index contributed by atoms with van der Waals surface area (Å²) in [6, 6.07) is 11.9. The normalized spacial score (nSPS) is 11.2. The van der Waals surface area contributed by atoms with Crippen molar-refractivity contribution in [2.24, 2.45) is 5.10 Å². The van der Waals surface area contributed by atoms with Gasteiger partial charge in [-0.25, -0.2) is 0 Å². The van der Waals surface area contributed by atoms with Gasteiger partial charge >= 0.3 is 0 Å². The van der Waals surface area contributed by atoms with E-state index in [1.54, 1.807) is 18.4 Å². The molecule has 2 N–H and O–H groups in total. The molecule has 0 fully saturated rings. The molecule has 0 aliphatic rings. The van der Waals surface area contributed by atoms with Crippen molar-refractivity contribution in [3.05, 3.63) is 46.3 Å². The Bertz CT molecular complexity index is 632. The van der Waals surface area contributed by atoms with Crippen molar-refractivity contribution in [1.82, 2.24) is 10.7 Å². The molecule has 2 aromatic rings. The maximum Gasteiger partial charge on any atom is 0.186 e. The molecule has 1 aromatic carbocycles. The fourth-order valence-corrected chi connectivity index (χ4v) is 2.68. The molecule has 1 heterocycles. The van der Waals surface area contributed by atoms with Crippen LogP contribution in [-0.2, 0) is 0 Å². The average molecular weight is 324 g/mol. The summed E-state index contributed by atoms with van der Waals surface area (Å²) in [6.07, 6.45) is 0. The predicted octanol–water partition coefficient (Wildman–Crippen LogP) is 3.89. The molecule has 0 aliphatic carbocycles. The number of rotatable bonds is 3. The van der Waals surface area contributed by atoms with Crippen molar-refractivity contribution in [1.29, 1.82) is 0 Å². The Kier molecular flexibility index (Phi) is 5.11. The van der Waals surface area contributed by atoms with Gasteiger partial charge in [0.2, 0.25) is 0 Å². The highest BCUT2D eigenvalue weighted by molar-refractivity contribution is 7.80. The van der Waals surface area contributed by atoms with Gasteiger partial charge in [-0.2, -0.15) is 5.10 Å². The number of thiophene rings is 1. The summed E-state index contributed by atoms with van der Waals surface area (Å²) in [5.41, 5.74) is 4.83. The molecule has 0 bridgehead atoms. The smallest absolute Gasteiger partial charge is 0.186 e. The summed E-state index contributed by atoms with van der Waals surface area (Å²) < 4.78 is 0. The van der Waals surface area contributed by atoms with Crippen LogP contribution in [0.2, 0.25) is 5.02 Å². The van der Waals surface area contributed by atoms with Crippen LogP contribution in [0.5, 0.6) is 0 Å².